The van der Waals surface area contributed by atoms with Gasteiger partial charge in [0.2, 0.25) is 5.91 Å². The predicted molar refractivity (Wildman–Crippen MR) is 132 cm³/mol. The number of hydrogen-bond donors (Lipinski definition) is 1. The van der Waals surface area contributed by atoms with Crippen LogP contribution in [-0.4, -0.2) is 80.5 Å². The first-order valence-electron chi connectivity index (χ1n) is 11.9. The molecule has 2 atom stereocenters. The fraction of sp³-hybridized carbons (Fsp3) is 0.583. The van der Waals surface area contributed by atoms with Crippen LogP contribution in [0, 0.1) is 29.0 Å². The number of anilines is 2. The highest BCUT2D eigenvalue weighted by Gasteiger charge is 2.36. The molecule has 0 spiro atoms. The van der Waals surface area contributed by atoms with Gasteiger partial charge in [0.05, 0.1) is 48.7 Å². The lowest BCUT2D eigenvalue weighted by atomic mass is 9.84. The Bertz CT molecular complexity index is 1000. The van der Waals surface area contributed by atoms with E-state index in [0.29, 0.717) is 81.7 Å². The molecular formula is C24H30FN5O4S. The first-order valence-corrected chi connectivity index (χ1v) is 12.3. The number of carbonyl (C=O) groups is 2. The summed E-state index contributed by atoms with van der Waals surface area (Å²) < 4.78 is 25.7. The Hall–Kier alpha value is -2.97. The number of nitrogens with zero attached hydrogens (tertiary/aromatic N) is 4. The van der Waals surface area contributed by atoms with E-state index in [4.69, 9.17) is 21.7 Å². The van der Waals surface area contributed by atoms with Gasteiger partial charge in [-0.05, 0) is 43.9 Å². The summed E-state index contributed by atoms with van der Waals surface area (Å²) in [5, 5.41) is 12.7. The first-order chi connectivity index (χ1) is 16.9. The van der Waals surface area contributed by atoms with Gasteiger partial charge in [-0.1, -0.05) is 12.2 Å². The highest BCUT2D eigenvalue weighted by molar-refractivity contribution is 7.80. The van der Waals surface area contributed by atoms with Crippen LogP contribution in [0.4, 0.5) is 20.6 Å². The van der Waals surface area contributed by atoms with Crippen molar-refractivity contribution >= 4 is 40.6 Å². The number of halogens is 1. The number of ether oxygens (including phenoxy) is 2. The number of rotatable bonds is 6. The van der Waals surface area contributed by atoms with E-state index < -0.39 is 17.8 Å². The molecule has 3 heterocycles. The Morgan fingerprint density at radius 1 is 1.29 bits per heavy atom. The summed E-state index contributed by atoms with van der Waals surface area (Å²) in [5.74, 6) is -1.30. The number of benzene rings is 1. The number of carbonyl (C=O) groups excluding carboxylic acids is 2. The smallest absolute Gasteiger partial charge is 0.414 e. The molecule has 0 saturated carbocycles. The zero-order valence-electron chi connectivity index (χ0n) is 19.7. The number of morpholine rings is 1. The third-order valence-electron chi connectivity index (χ3n) is 6.78. The van der Waals surface area contributed by atoms with Gasteiger partial charge >= 0.3 is 6.09 Å². The van der Waals surface area contributed by atoms with Crippen LogP contribution < -0.4 is 15.1 Å². The molecule has 3 saturated heterocycles. The Kier molecular flexibility index (Phi) is 8.03. The maximum absolute atomic E-state index is 15.1. The fourth-order valence-electron chi connectivity index (χ4n) is 4.83. The van der Waals surface area contributed by atoms with Crippen molar-refractivity contribution in [1.29, 1.82) is 5.26 Å². The summed E-state index contributed by atoms with van der Waals surface area (Å²) in [6, 6.07) is 6.95. The van der Waals surface area contributed by atoms with E-state index in [9.17, 15) is 14.9 Å². The van der Waals surface area contributed by atoms with Crippen molar-refractivity contribution in [2.24, 2.45) is 11.8 Å². The van der Waals surface area contributed by atoms with Crippen LogP contribution in [-0.2, 0) is 14.3 Å². The Labute approximate surface area is 209 Å². The molecule has 1 aromatic carbocycles. The molecule has 3 fully saturated rings. The number of nitriles is 1. The van der Waals surface area contributed by atoms with Crippen LogP contribution in [0.15, 0.2) is 18.2 Å². The molecule has 11 heteroatoms. The quantitative estimate of drug-likeness (QED) is 0.591. The summed E-state index contributed by atoms with van der Waals surface area (Å²) in [5.41, 5.74) is 0.885. The predicted octanol–water partition coefficient (Wildman–Crippen LogP) is 2.30. The van der Waals surface area contributed by atoms with Gasteiger partial charge in [0.15, 0.2) is 0 Å². The topological polar surface area (TPSA) is 98.1 Å². The molecule has 188 valence electrons. The lowest BCUT2D eigenvalue weighted by Crippen LogP contribution is -2.47. The van der Waals surface area contributed by atoms with Crippen molar-refractivity contribution in [3.8, 4) is 6.07 Å². The van der Waals surface area contributed by atoms with E-state index in [2.05, 4.69) is 11.4 Å². The minimum atomic E-state index is -0.687. The zero-order valence-corrected chi connectivity index (χ0v) is 20.6. The van der Waals surface area contributed by atoms with Crippen molar-refractivity contribution in [1.82, 2.24) is 10.2 Å². The van der Waals surface area contributed by atoms with Crippen molar-refractivity contribution in [2.45, 2.75) is 25.9 Å². The summed E-state index contributed by atoms with van der Waals surface area (Å²) in [7, 11) is 0. The van der Waals surface area contributed by atoms with E-state index in [1.165, 1.54) is 11.0 Å². The van der Waals surface area contributed by atoms with Gasteiger partial charge in [0.1, 0.15) is 17.8 Å². The van der Waals surface area contributed by atoms with Crippen molar-refractivity contribution in [2.75, 3.05) is 62.3 Å². The second kappa shape index (κ2) is 11.2. The Morgan fingerprint density at radius 2 is 2.00 bits per heavy atom. The number of piperidine rings is 1. The largest absolute Gasteiger partial charge is 0.442 e. The van der Waals surface area contributed by atoms with Gasteiger partial charge < -0.3 is 24.6 Å². The molecule has 3 aliphatic heterocycles. The van der Waals surface area contributed by atoms with Gasteiger partial charge in [-0.2, -0.15) is 5.26 Å². The van der Waals surface area contributed by atoms with Gasteiger partial charge in [-0.3, -0.25) is 9.69 Å². The molecule has 2 amide bonds. The second-order valence-corrected chi connectivity index (χ2v) is 9.67. The normalized spacial score (nSPS) is 21.9. The van der Waals surface area contributed by atoms with Gasteiger partial charge in [-0.15, -0.1) is 0 Å². The monoisotopic (exact) mass is 503 g/mol. The maximum Gasteiger partial charge on any atom is 0.414 e. The van der Waals surface area contributed by atoms with Crippen molar-refractivity contribution < 1.29 is 23.5 Å². The van der Waals surface area contributed by atoms with Crippen molar-refractivity contribution in [3.05, 3.63) is 24.0 Å². The SMILES string of the molecule is CC(=S)NC[C@H]1CN(c2ccc(N3CCC(C(C#N)C(=O)N4CCOCC4)CC3)c(F)c2)C(=O)O1. The second-order valence-electron chi connectivity index (χ2n) is 9.06. The summed E-state index contributed by atoms with van der Waals surface area (Å²) in [4.78, 5) is 30.8. The van der Waals surface area contributed by atoms with Crippen molar-refractivity contribution in [3.63, 3.8) is 0 Å². The zero-order chi connectivity index (χ0) is 24.9. The van der Waals surface area contributed by atoms with Crippen LogP contribution >= 0.6 is 12.2 Å². The number of amides is 2. The Morgan fingerprint density at radius 3 is 2.63 bits per heavy atom. The number of hydrogen-bond acceptors (Lipinski definition) is 7. The number of nitrogens with one attached hydrogen (secondary N) is 1. The molecule has 35 heavy (non-hydrogen) atoms. The first kappa shape index (κ1) is 25.1. The molecule has 9 nitrogen and oxygen atoms in total. The van der Waals surface area contributed by atoms with Crippen LogP contribution in [0.1, 0.15) is 19.8 Å². The highest BCUT2D eigenvalue weighted by atomic mass is 32.1. The molecule has 1 N–H and O–H groups in total. The molecule has 4 rings (SSSR count). The maximum atomic E-state index is 15.1. The summed E-state index contributed by atoms with van der Waals surface area (Å²) in [6.07, 6.45) is 0.374. The highest BCUT2D eigenvalue weighted by Crippen LogP contribution is 2.33. The molecule has 0 bridgehead atoms. The molecular weight excluding hydrogens is 473 g/mol. The summed E-state index contributed by atoms with van der Waals surface area (Å²) >= 11 is 4.99. The lowest BCUT2D eigenvalue weighted by molar-refractivity contribution is -0.139. The fourth-order valence-corrected chi connectivity index (χ4v) is 4.92. The molecule has 3 aliphatic rings. The van der Waals surface area contributed by atoms with E-state index in [1.54, 1.807) is 24.0 Å². The molecule has 0 aromatic heterocycles. The Balaban J connectivity index is 1.35. The lowest BCUT2D eigenvalue weighted by Gasteiger charge is -2.37. The average molecular weight is 504 g/mol. The molecule has 0 aliphatic carbocycles. The van der Waals surface area contributed by atoms with Gasteiger partial charge in [0, 0.05) is 26.2 Å². The van der Waals surface area contributed by atoms with Gasteiger partial charge in [0.25, 0.3) is 0 Å². The third kappa shape index (κ3) is 5.82. The van der Waals surface area contributed by atoms with Crippen LogP contribution in [0.5, 0.6) is 0 Å². The van der Waals surface area contributed by atoms with Crippen LogP contribution in [0.25, 0.3) is 0 Å². The van der Waals surface area contributed by atoms with E-state index in [-0.39, 0.29) is 17.9 Å². The van der Waals surface area contributed by atoms with E-state index >= 15 is 4.39 Å². The average Bonchev–Trinajstić information content (AvgIpc) is 3.24. The minimum absolute atomic E-state index is 0.0603. The van der Waals surface area contributed by atoms with Gasteiger partial charge in [-0.25, -0.2) is 9.18 Å². The number of thiocarbonyl (C=S) groups is 1. The standard InChI is InChI=1S/C24H30FN5O4S/c1-16(35)27-14-19-15-30(24(32)34-19)18-2-3-22(21(25)12-18)28-6-4-17(5-7-28)20(13-26)23(31)29-8-10-33-11-9-29/h2-3,12,17,19-20H,4-11,14-15H2,1H3,(H,27,35)/t19-,20?/m0/s1. The molecule has 0 radical (unpaired) electrons. The third-order valence-corrected chi connectivity index (χ3v) is 6.92. The van der Waals surface area contributed by atoms with Crippen LogP contribution in [0.3, 0.4) is 0 Å². The van der Waals surface area contributed by atoms with E-state index in [0.717, 1.165) is 0 Å². The molecule has 1 aromatic rings. The van der Waals surface area contributed by atoms with E-state index in [1.807, 2.05) is 4.90 Å². The number of cyclic esters (lactones) is 1. The van der Waals surface area contributed by atoms with Crippen LogP contribution in [0.2, 0.25) is 0 Å². The summed E-state index contributed by atoms with van der Waals surface area (Å²) in [6.45, 7) is 5.59. The molecule has 1 unspecified atom stereocenters. The minimum Gasteiger partial charge on any atom is -0.442 e.